The molecular weight excluding hydrogens is 418 g/mol. The second-order valence-corrected chi connectivity index (χ2v) is 9.64. The molecule has 1 unspecified atom stereocenters. The zero-order chi connectivity index (χ0) is 18.9. The smallest absolute Gasteiger partial charge is 0.283 e. The van der Waals surface area contributed by atoms with Crippen molar-refractivity contribution in [3.8, 4) is 0 Å². The van der Waals surface area contributed by atoms with Gasteiger partial charge in [0, 0.05) is 5.41 Å². The lowest BCUT2D eigenvalue weighted by atomic mass is 9.49. The van der Waals surface area contributed by atoms with E-state index in [2.05, 4.69) is 31.2 Å². The second kappa shape index (κ2) is 6.09. The maximum Gasteiger partial charge on any atom is 0.283 e. The van der Waals surface area contributed by atoms with Crippen LogP contribution in [-0.4, -0.2) is 20.0 Å². The summed E-state index contributed by atoms with van der Waals surface area (Å²) in [5.74, 6) is 3.58. The molecule has 4 aliphatic carbocycles. The first-order chi connectivity index (χ1) is 12.9. The van der Waals surface area contributed by atoms with E-state index in [1.165, 1.54) is 19.3 Å². The molecule has 8 heteroatoms. The molecule has 4 bridgehead atoms. The molecule has 4 fully saturated rings. The minimum Gasteiger partial charge on any atom is -0.422 e. The highest BCUT2D eigenvalue weighted by atomic mass is 79.9. The Morgan fingerprint density at radius 3 is 2.22 bits per heavy atom. The molecule has 2 aromatic rings. The van der Waals surface area contributed by atoms with Crippen molar-refractivity contribution in [1.82, 2.24) is 20.0 Å². The molecule has 0 aromatic carbocycles. The molecule has 0 saturated heterocycles. The molecule has 0 spiro atoms. The number of nitrogens with zero attached hydrogens (tertiary/aromatic N) is 4. The standard InChI is InChI=1S/C19H23BrF2N4O/c1-9-14(20)15(16(21)22)25-26(9)10(2)17-23-24-18(27-17)19-6-11-3-12(7-19)5-13(4-11)8-19/h10-13,16H,3-8H2,1-2H3. The van der Waals surface area contributed by atoms with E-state index in [9.17, 15) is 8.78 Å². The second-order valence-electron chi connectivity index (χ2n) is 8.85. The molecule has 5 nitrogen and oxygen atoms in total. The van der Waals surface area contributed by atoms with Crippen molar-refractivity contribution in [1.29, 1.82) is 0 Å². The van der Waals surface area contributed by atoms with Gasteiger partial charge < -0.3 is 4.42 Å². The Bertz CT molecular complexity index is 842. The summed E-state index contributed by atoms with van der Waals surface area (Å²) in [5, 5.41) is 12.8. The average molecular weight is 441 g/mol. The summed E-state index contributed by atoms with van der Waals surface area (Å²) in [5.41, 5.74) is 0.417. The maximum atomic E-state index is 13.2. The molecule has 0 amide bonds. The lowest BCUT2D eigenvalue weighted by Gasteiger charge is -2.55. The van der Waals surface area contributed by atoms with Gasteiger partial charge in [-0.1, -0.05) is 0 Å². The fourth-order valence-electron chi connectivity index (χ4n) is 6.13. The van der Waals surface area contributed by atoms with Crippen LogP contribution >= 0.6 is 15.9 Å². The quantitative estimate of drug-likeness (QED) is 0.642. The Balaban J connectivity index is 1.45. The van der Waals surface area contributed by atoms with Crippen molar-refractivity contribution in [2.45, 2.75) is 70.3 Å². The minimum atomic E-state index is -2.63. The third kappa shape index (κ3) is 2.69. The zero-order valence-electron chi connectivity index (χ0n) is 15.5. The molecule has 2 aromatic heterocycles. The van der Waals surface area contributed by atoms with Gasteiger partial charge in [0.25, 0.3) is 6.43 Å². The van der Waals surface area contributed by atoms with Gasteiger partial charge in [-0.3, -0.25) is 4.68 Å². The molecule has 27 heavy (non-hydrogen) atoms. The molecule has 0 radical (unpaired) electrons. The van der Waals surface area contributed by atoms with Crippen molar-refractivity contribution >= 4 is 15.9 Å². The highest BCUT2D eigenvalue weighted by Crippen LogP contribution is 2.60. The molecule has 6 rings (SSSR count). The third-order valence-corrected chi connectivity index (χ3v) is 7.95. The summed E-state index contributed by atoms with van der Waals surface area (Å²) in [4.78, 5) is 0. The fourth-order valence-corrected chi connectivity index (χ4v) is 6.57. The molecule has 0 aliphatic heterocycles. The topological polar surface area (TPSA) is 56.7 Å². The summed E-state index contributed by atoms with van der Waals surface area (Å²) in [7, 11) is 0. The molecule has 2 heterocycles. The van der Waals surface area contributed by atoms with Gasteiger partial charge in [0.05, 0.1) is 10.2 Å². The maximum absolute atomic E-state index is 13.2. The van der Waals surface area contributed by atoms with E-state index in [0.717, 1.165) is 42.9 Å². The van der Waals surface area contributed by atoms with Crippen LogP contribution in [0.4, 0.5) is 8.78 Å². The molecule has 4 saturated carbocycles. The zero-order valence-corrected chi connectivity index (χ0v) is 17.0. The third-order valence-electron chi connectivity index (χ3n) is 6.97. The van der Waals surface area contributed by atoms with E-state index < -0.39 is 6.43 Å². The lowest BCUT2D eigenvalue weighted by Crippen LogP contribution is -2.48. The summed E-state index contributed by atoms with van der Waals surface area (Å²) >= 11 is 3.23. The average Bonchev–Trinajstić information content (AvgIpc) is 3.20. The Morgan fingerprint density at radius 2 is 1.70 bits per heavy atom. The van der Waals surface area contributed by atoms with Crippen LogP contribution in [0.3, 0.4) is 0 Å². The van der Waals surface area contributed by atoms with Crippen molar-refractivity contribution in [3.63, 3.8) is 0 Å². The summed E-state index contributed by atoms with van der Waals surface area (Å²) < 4.78 is 34.4. The molecular formula is C19H23BrF2N4O. The number of halogens is 3. The van der Waals surface area contributed by atoms with Crippen LogP contribution in [0.5, 0.6) is 0 Å². The number of hydrogen-bond donors (Lipinski definition) is 0. The molecule has 4 aliphatic rings. The Hall–Kier alpha value is -1.31. The van der Waals surface area contributed by atoms with E-state index in [0.29, 0.717) is 16.1 Å². The molecule has 146 valence electrons. The Morgan fingerprint density at radius 1 is 1.11 bits per heavy atom. The van der Waals surface area contributed by atoms with E-state index in [4.69, 9.17) is 4.42 Å². The minimum absolute atomic E-state index is 0.0353. The first kappa shape index (κ1) is 17.8. The van der Waals surface area contributed by atoms with Gasteiger partial charge in [0.2, 0.25) is 11.8 Å². The highest BCUT2D eigenvalue weighted by Gasteiger charge is 2.54. The monoisotopic (exact) mass is 440 g/mol. The largest absolute Gasteiger partial charge is 0.422 e. The van der Waals surface area contributed by atoms with Crippen LogP contribution in [0.25, 0.3) is 0 Å². The highest BCUT2D eigenvalue weighted by molar-refractivity contribution is 9.10. The molecule has 0 N–H and O–H groups in total. The normalized spacial score (nSPS) is 33.2. The predicted molar refractivity (Wildman–Crippen MR) is 97.6 cm³/mol. The SMILES string of the molecule is Cc1c(Br)c(C(F)F)nn1C(C)c1nnc(C23CC4CC(CC(C4)C2)C3)o1. The number of aromatic nitrogens is 4. The van der Waals surface area contributed by atoms with Gasteiger partial charge in [0.15, 0.2) is 0 Å². The van der Waals surface area contributed by atoms with Crippen molar-refractivity contribution in [3.05, 3.63) is 27.6 Å². The van der Waals surface area contributed by atoms with E-state index in [1.807, 2.05) is 6.92 Å². The van der Waals surface area contributed by atoms with Gasteiger partial charge in [0.1, 0.15) is 11.7 Å². The number of rotatable bonds is 4. The van der Waals surface area contributed by atoms with Crippen LogP contribution in [0.2, 0.25) is 0 Å². The van der Waals surface area contributed by atoms with Gasteiger partial charge in [-0.25, -0.2) is 8.78 Å². The summed E-state index contributed by atoms with van der Waals surface area (Å²) in [6.07, 6.45) is 4.89. The number of alkyl halides is 2. The first-order valence-corrected chi connectivity index (χ1v) is 10.5. The summed E-state index contributed by atoms with van der Waals surface area (Å²) in [6.45, 7) is 3.62. The predicted octanol–water partition coefficient (Wildman–Crippen LogP) is 5.35. The summed E-state index contributed by atoms with van der Waals surface area (Å²) in [6, 6.07) is -0.385. The Kier molecular flexibility index (Phi) is 4.01. The van der Waals surface area contributed by atoms with Gasteiger partial charge in [-0.05, 0) is 86.1 Å². The van der Waals surface area contributed by atoms with Crippen LogP contribution in [-0.2, 0) is 5.41 Å². The van der Waals surface area contributed by atoms with Gasteiger partial charge in [-0.2, -0.15) is 5.10 Å². The van der Waals surface area contributed by atoms with Crippen LogP contribution in [0.1, 0.15) is 81.1 Å². The van der Waals surface area contributed by atoms with E-state index >= 15 is 0 Å². The van der Waals surface area contributed by atoms with Crippen molar-refractivity contribution < 1.29 is 13.2 Å². The van der Waals surface area contributed by atoms with E-state index in [1.54, 1.807) is 11.6 Å². The van der Waals surface area contributed by atoms with Crippen molar-refractivity contribution in [2.75, 3.05) is 0 Å². The first-order valence-electron chi connectivity index (χ1n) is 9.73. The lowest BCUT2D eigenvalue weighted by molar-refractivity contribution is -0.0184. The van der Waals surface area contributed by atoms with Crippen LogP contribution in [0, 0.1) is 24.7 Å². The van der Waals surface area contributed by atoms with E-state index in [-0.39, 0.29) is 17.2 Å². The number of hydrogen-bond acceptors (Lipinski definition) is 4. The van der Waals surface area contributed by atoms with Gasteiger partial charge >= 0.3 is 0 Å². The van der Waals surface area contributed by atoms with Crippen molar-refractivity contribution in [2.24, 2.45) is 17.8 Å². The van der Waals surface area contributed by atoms with Crippen LogP contribution in [0.15, 0.2) is 8.89 Å². The fraction of sp³-hybridized carbons (Fsp3) is 0.737. The Labute approximate surface area is 165 Å². The molecule has 1 atom stereocenters. The van der Waals surface area contributed by atoms with Crippen LogP contribution < -0.4 is 0 Å². The van der Waals surface area contributed by atoms with Gasteiger partial charge in [-0.15, -0.1) is 10.2 Å².